The number of hydrogen-bond donors (Lipinski definition) is 0. The molecule has 1 heterocycles. The van der Waals surface area contributed by atoms with Crippen LogP contribution >= 0.6 is 11.6 Å². The summed E-state index contributed by atoms with van der Waals surface area (Å²) in [5.41, 5.74) is 3.54. The van der Waals surface area contributed by atoms with Crippen molar-refractivity contribution in [2.75, 3.05) is 7.11 Å². The molecular formula is C29H26ClNO6. The molecule has 0 saturated heterocycles. The number of halogens is 1. The van der Waals surface area contributed by atoms with Crippen LogP contribution in [0.4, 0.5) is 0 Å². The van der Waals surface area contributed by atoms with E-state index in [4.69, 9.17) is 30.3 Å². The predicted molar refractivity (Wildman–Crippen MR) is 139 cm³/mol. The van der Waals surface area contributed by atoms with Crippen molar-refractivity contribution in [2.24, 2.45) is 0 Å². The summed E-state index contributed by atoms with van der Waals surface area (Å²) in [4.78, 5) is 24.3. The number of hydrogen-bond acceptors (Lipinski definition) is 7. The van der Waals surface area contributed by atoms with Gasteiger partial charge in [0.15, 0.2) is 5.76 Å². The molecule has 0 bridgehead atoms. The van der Waals surface area contributed by atoms with Crippen molar-refractivity contribution in [1.82, 2.24) is 5.16 Å². The van der Waals surface area contributed by atoms with Crippen molar-refractivity contribution in [3.63, 3.8) is 0 Å². The lowest BCUT2D eigenvalue weighted by atomic mass is 10.0. The molecule has 0 saturated carbocycles. The Bertz CT molecular complexity index is 1400. The predicted octanol–water partition coefficient (Wildman–Crippen LogP) is 6.66. The van der Waals surface area contributed by atoms with Gasteiger partial charge in [-0.1, -0.05) is 47.1 Å². The van der Waals surface area contributed by atoms with Gasteiger partial charge in [-0.3, -0.25) is 9.59 Å². The second kappa shape index (κ2) is 11.8. The van der Waals surface area contributed by atoms with Crippen LogP contribution in [0, 0.1) is 6.92 Å². The highest BCUT2D eigenvalue weighted by Crippen LogP contribution is 2.31. The zero-order valence-corrected chi connectivity index (χ0v) is 21.5. The summed E-state index contributed by atoms with van der Waals surface area (Å²) in [6, 6.07) is 21.8. The van der Waals surface area contributed by atoms with Crippen LogP contribution in [0.5, 0.6) is 11.5 Å². The first-order valence-corrected chi connectivity index (χ1v) is 12.0. The van der Waals surface area contributed by atoms with Gasteiger partial charge in [-0.25, -0.2) is 0 Å². The molecule has 8 heteroatoms. The van der Waals surface area contributed by atoms with Gasteiger partial charge in [0, 0.05) is 21.7 Å². The molecule has 0 aliphatic carbocycles. The Balaban J connectivity index is 1.44. The zero-order valence-electron chi connectivity index (χ0n) is 20.7. The first-order valence-electron chi connectivity index (χ1n) is 11.7. The third-order valence-corrected chi connectivity index (χ3v) is 6.13. The van der Waals surface area contributed by atoms with Crippen molar-refractivity contribution < 1.29 is 28.3 Å². The summed E-state index contributed by atoms with van der Waals surface area (Å²) < 4.78 is 21.8. The summed E-state index contributed by atoms with van der Waals surface area (Å²) in [6.45, 7) is 3.57. The molecule has 0 unspecified atom stereocenters. The molecule has 1 aromatic heterocycles. The first kappa shape index (κ1) is 26.0. The van der Waals surface area contributed by atoms with Gasteiger partial charge >= 0.3 is 11.9 Å². The molecule has 4 aromatic rings. The molecule has 37 heavy (non-hydrogen) atoms. The maximum absolute atomic E-state index is 12.7. The topological polar surface area (TPSA) is 87.9 Å². The number of esters is 2. The Hall–Kier alpha value is -4.10. The minimum Gasteiger partial charge on any atom is -0.469 e. The SMILES string of the molecule is COC(=O)Cc1cccc(Oc2ccc(-c3onc(C)c3CC(=O)O[C@H](C)c3ccccc3Cl)cc2)c1. The number of nitrogens with zero attached hydrogens (tertiary/aromatic N) is 1. The Morgan fingerprint density at radius 3 is 2.43 bits per heavy atom. The molecule has 0 radical (unpaired) electrons. The molecule has 0 amide bonds. The Morgan fingerprint density at radius 2 is 1.70 bits per heavy atom. The third-order valence-electron chi connectivity index (χ3n) is 5.78. The Kier molecular flexibility index (Phi) is 8.25. The maximum Gasteiger partial charge on any atom is 0.311 e. The molecule has 0 aliphatic heterocycles. The monoisotopic (exact) mass is 519 g/mol. The van der Waals surface area contributed by atoms with Crippen molar-refractivity contribution in [2.45, 2.75) is 32.8 Å². The van der Waals surface area contributed by atoms with Crippen molar-refractivity contribution >= 4 is 23.5 Å². The number of methoxy groups -OCH3 is 1. The van der Waals surface area contributed by atoms with E-state index in [0.717, 1.165) is 16.7 Å². The zero-order chi connectivity index (χ0) is 26.4. The normalized spacial score (nSPS) is 11.6. The minimum atomic E-state index is -0.493. The lowest BCUT2D eigenvalue weighted by molar-refractivity contribution is -0.147. The van der Waals surface area contributed by atoms with Gasteiger partial charge in [0.05, 0.1) is 25.6 Å². The highest BCUT2D eigenvalue weighted by Gasteiger charge is 2.21. The third kappa shape index (κ3) is 6.57. The van der Waals surface area contributed by atoms with E-state index in [1.807, 2.05) is 48.5 Å². The van der Waals surface area contributed by atoms with E-state index < -0.39 is 12.1 Å². The average molecular weight is 520 g/mol. The van der Waals surface area contributed by atoms with Crippen molar-refractivity contribution in [1.29, 1.82) is 0 Å². The number of carbonyl (C=O) groups is 2. The van der Waals surface area contributed by atoms with E-state index >= 15 is 0 Å². The molecule has 190 valence electrons. The quantitative estimate of drug-likeness (QED) is 0.228. The van der Waals surface area contributed by atoms with Crippen LogP contribution in [-0.4, -0.2) is 24.2 Å². The van der Waals surface area contributed by atoms with Crippen LogP contribution in [0.3, 0.4) is 0 Å². The molecule has 4 rings (SSSR count). The van der Waals surface area contributed by atoms with E-state index in [2.05, 4.69) is 5.16 Å². The summed E-state index contributed by atoms with van der Waals surface area (Å²) in [5, 5.41) is 4.60. The second-order valence-corrected chi connectivity index (χ2v) is 8.84. The van der Waals surface area contributed by atoms with Gasteiger partial charge in [0.2, 0.25) is 0 Å². The van der Waals surface area contributed by atoms with Crippen LogP contribution in [-0.2, 0) is 31.9 Å². The number of aryl methyl sites for hydroxylation is 1. The fourth-order valence-electron chi connectivity index (χ4n) is 3.84. The fraction of sp³-hybridized carbons (Fsp3) is 0.207. The molecule has 3 aromatic carbocycles. The van der Waals surface area contributed by atoms with Crippen molar-refractivity contribution in [3.8, 4) is 22.8 Å². The van der Waals surface area contributed by atoms with Crippen LogP contribution in [0.1, 0.15) is 35.4 Å². The summed E-state index contributed by atoms with van der Waals surface area (Å²) in [6.07, 6.45) is -0.322. The Morgan fingerprint density at radius 1 is 0.946 bits per heavy atom. The molecule has 7 nitrogen and oxygen atoms in total. The number of ether oxygens (including phenoxy) is 3. The highest BCUT2D eigenvalue weighted by atomic mass is 35.5. The summed E-state index contributed by atoms with van der Waals surface area (Å²) >= 11 is 6.23. The lowest BCUT2D eigenvalue weighted by Crippen LogP contribution is -2.12. The van der Waals surface area contributed by atoms with Crippen LogP contribution < -0.4 is 4.74 Å². The van der Waals surface area contributed by atoms with E-state index in [9.17, 15) is 9.59 Å². The van der Waals surface area contributed by atoms with E-state index in [0.29, 0.717) is 33.5 Å². The van der Waals surface area contributed by atoms with E-state index in [1.54, 1.807) is 38.1 Å². The van der Waals surface area contributed by atoms with E-state index in [-0.39, 0.29) is 18.8 Å². The largest absolute Gasteiger partial charge is 0.469 e. The number of benzene rings is 3. The van der Waals surface area contributed by atoms with Gasteiger partial charge in [-0.15, -0.1) is 0 Å². The van der Waals surface area contributed by atoms with E-state index in [1.165, 1.54) is 7.11 Å². The standard InChI is InChI=1S/C29H26ClNO6/c1-18-25(17-28(33)35-19(2)24-9-4-5-10-26(24)30)29(37-31-18)21-11-13-22(14-12-21)36-23-8-6-7-20(15-23)16-27(32)34-3/h4-15,19H,16-17H2,1-3H3/t19-/m1/s1. The number of aromatic nitrogens is 1. The van der Waals surface area contributed by atoms with Crippen molar-refractivity contribution in [3.05, 3.63) is 100 Å². The van der Waals surface area contributed by atoms with Gasteiger partial charge in [-0.2, -0.15) is 0 Å². The molecular weight excluding hydrogens is 494 g/mol. The molecule has 0 aliphatic rings. The molecule has 1 atom stereocenters. The van der Waals surface area contributed by atoms with Crippen LogP contribution in [0.15, 0.2) is 77.3 Å². The van der Waals surface area contributed by atoms with Crippen LogP contribution in [0.25, 0.3) is 11.3 Å². The van der Waals surface area contributed by atoms with Gasteiger partial charge < -0.3 is 18.7 Å². The number of rotatable bonds is 9. The Labute approximate surface area is 219 Å². The second-order valence-electron chi connectivity index (χ2n) is 8.43. The van der Waals surface area contributed by atoms with Gasteiger partial charge in [0.1, 0.15) is 17.6 Å². The maximum atomic E-state index is 12.7. The smallest absolute Gasteiger partial charge is 0.311 e. The van der Waals surface area contributed by atoms with Gasteiger partial charge in [-0.05, 0) is 61.9 Å². The lowest BCUT2D eigenvalue weighted by Gasteiger charge is -2.15. The van der Waals surface area contributed by atoms with Gasteiger partial charge in [0.25, 0.3) is 0 Å². The highest BCUT2D eigenvalue weighted by molar-refractivity contribution is 6.31. The molecule has 0 N–H and O–H groups in total. The fourth-order valence-corrected chi connectivity index (χ4v) is 4.13. The first-order chi connectivity index (χ1) is 17.8. The summed E-state index contributed by atoms with van der Waals surface area (Å²) in [5.74, 6) is 0.963. The summed E-state index contributed by atoms with van der Waals surface area (Å²) in [7, 11) is 1.36. The van der Waals surface area contributed by atoms with Crippen LogP contribution in [0.2, 0.25) is 5.02 Å². The number of carbonyl (C=O) groups excluding carboxylic acids is 2. The average Bonchev–Trinajstić information content (AvgIpc) is 3.24. The molecule has 0 spiro atoms. The molecule has 0 fully saturated rings. The minimum absolute atomic E-state index is 0.00466.